The quantitative estimate of drug-likeness (QED) is 0.892. The molecule has 1 unspecified atom stereocenters. The van der Waals surface area contributed by atoms with Crippen molar-refractivity contribution in [2.75, 3.05) is 6.61 Å². The standard InChI is InChI=1S/C18H23NO/c1-4-20-17-7-5-6-15(11-17)18(19)12-16-10-13(2)8-9-14(16)3/h5-11,18H,4,12,19H2,1-3H3. The molecule has 0 aliphatic rings. The molecule has 0 aromatic heterocycles. The molecule has 2 rings (SSSR count). The van der Waals surface area contributed by atoms with Crippen molar-refractivity contribution in [2.45, 2.75) is 33.2 Å². The van der Waals surface area contributed by atoms with Crippen LogP contribution in [0.4, 0.5) is 0 Å². The SMILES string of the molecule is CCOc1cccc(C(N)Cc2cc(C)ccc2C)c1. The van der Waals surface area contributed by atoms with E-state index in [9.17, 15) is 0 Å². The third-order valence-corrected chi connectivity index (χ3v) is 3.54. The van der Waals surface area contributed by atoms with Crippen LogP contribution in [0.25, 0.3) is 0 Å². The fourth-order valence-electron chi connectivity index (χ4n) is 2.38. The first-order valence-corrected chi connectivity index (χ1v) is 7.14. The van der Waals surface area contributed by atoms with E-state index in [2.05, 4.69) is 38.1 Å². The molecule has 0 radical (unpaired) electrons. The van der Waals surface area contributed by atoms with Crippen LogP contribution in [0.1, 0.15) is 35.2 Å². The second-order valence-electron chi connectivity index (χ2n) is 5.25. The van der Waals surface area contributed by atoms with Gasteiger partial charge in [-0.25, -0.2) is 0 Å². The molecule has 2 aromatic rings. The van der Waals surface area contributed by atoms with Crippen LogP contribution < -0.4 is 10.5 Å². The van der Waals surface area contributed by atoms with Crippen LogP contribution in [0.15, 0.2) is 42.5 Å². The predicted octanol–water partition coefficient (Wildman–Crippen LogP) is 3.94. The first kappa shape index (κ1) is 14.6. The van der Waals surface area contributed by atoms with E-state index in [1.54, 1.807) is 0 Å². The Kier molecular flexibility index (Phi) is 4.80. The molecule has 2 nitrogen and oxygen atoms in total. The van der Waals surface area contributed by atoms with E-state index in [1.165, 1.54) is 16.7 Å². The summed E-state index contributed by atoms with van der Waals surface area (Å²) in [6.07, 6.45) is 0.850. The highest BCUT2D eigenvalue weighted by Crippen LogP contribution is 2.22. The van der Waals surface area contributed by atoms with Crippen LogP contribution in [0.3, 0.4) is 0 Å². The molecular formula is C18H23NO. The van der Waals surface area contributed by atoms with Crippen molar-refractivity contribution in [1.29, 1.82) is 0 Å². The number of hydrogen-bond donors (Lipinski definition) is 1. The summed E-state index contributed by atoms with van der Waals surface area (Å²) in [7, 11) is 0. The van der Waals surface area contributed by atoms with Crippen LogP contribution in [0.2, 0.25) is 0 Å². The number of ether oxygens (including phenoxy) is 1. The van der Waals surface area contributed by atoms with Crippen LogP contribution in [-0.2, 0) is 6.42 Å². The summed E-state index contributed by atoms with van der Waals surface area (Å²) in [5, 5.41) is 0. The van der Waals surface area contributed by atoms with Crippen molar-refractivity contribution >= 4 is 0 Å². The second-order valence-corrected chi connectivity index (χ2v) is 5.25. The van der Waals surface area contributed by atoms with E-state index in [0.717, 1.165) is 17.7 Å². The van der Waals surface area contributed by atoms with Crippen LogP contribution >= 0.6 is 0 Å². The first-order chi connectivity index (χ1) is 9.60. The number of rotatable bonds is 5. The third kappa shape index (κ3) is 3.61. The lowest BCUT2D eigenvalue weighted by Gasteiger charge is -2.15. The summed E-state index contributed by atoms with van der Waals surface area (Å²) in [4.78, 5) is 0. The van der Waals surface area contributed by atoms with Gasteiger partial charge in [-0.05, 0) is 56.0 Å². The van der Waals surface area contributed by atoms with Gasteiger partial charge in [-0.1, -0.05) is 35.9 Å². The zero-order valence-corrected chi connectivity index (χ0v) is 12.5. The summed E-state index contributed by atoms with van der Waals surface area (Å²) < 4.78 is 5.53. The minimum atomic E-state index is -0.00379. The van der Waals surface area contributed by atoms with Crippen molar-refractivity contribution in [3.8, 4) is 5.75 Å². The zero-order chi connectivity index (χ0) is 14.5. The summed E-state index contributed by atoms with van der Waals surface area (Å²) >= 11 is 0. The summed E-state index contributed by atoms with van der Waals surface area (Å²) in [5.74, 6) is 0.890. The summed E-state index contributed by atoms with van der Waals surface area (Å²) in [5.41, 5.74) is 11.4. The first-order valence-electron chi connectivity index (χ1n) is 7.14. The van der Waals surface area contributed by atoms with Gasteiger partial charge >= 0.3 is 0 Å². The van der Waals surface area contributed by atoms with E-state index in [-0.39, 0.29) is 6.04 Å². The van der Waals surface area contributed by atoms with Gasteiger partial charge in [-0.15, -0.1) is 0 Å². The predicted molar refractivity (Wildman–Crippen MR) is 84.2 cm³/mol. The van der Waals surface area contributed by atoms with Gasteiger partial charge in [0.15, 0.2) is 0 Å². The van der Waals surface area contributed by atoms with E-state index in [0.29, 0.717) is 6.61 Å². The maximum absolute atomic E-state index is 6.36. The molecular weight excluding hydrogens is 246 g/mol. The molecule has 2 heteroatoms. The largest absolute Gasteiger partial charge is 0.494 e. The molecule has 0 fully saturated rings. The summed E-state index contributed by atoms with van der Waals surface area (Å²) in [6, 6.07) is 14.6. The lowest BCUT2D eigenvalue weighted by Crippen LogP contribution is -2.14. The highest BCUT2D eigenvalue weighted by atomic mass is 16.5. The van der Waals surface area contributed by atoms with Gasteiger partial charge in [0.05, 0.1) is 6.61 Å². The molecule has 0 spiro atoms. The molecule has 0 aliphatic carbocycles. The molecule has 106 valence electrons. The minimum Gasteiger partial charge on any atom is -0.494 e. The van der Waals surface area contributed by atoms with Crippen molar-refractivity contribution in [3.63, 3.8) is 0 Å². The molecule has 0 heterocycles. The Morgan fingerprint density at radius 3 is 2.65 bits per heavy atom. The van der Waals surface area contributed by atoms with Gasteiger partial charge in [-0.3, -0.25) is 0 Å². The van der Waals surface area contributed by atoms with E-state index in [1.807, 2.05) is 25.1 Å². The molecule has 0 bridgehead atoms. The fraction of sp³-hybridized carbons (Fsp3) is 0.333. The van der Waals surface area contributed by atoms with Gasteiger partial charge in [0.1, 0.15) is 5.75 Å². The molecule has 0 amide bonds. The lowest BCUT2D eigenvalue weighted by atomic mass is 9.95. The Labute approximate surface area is 121 Å². The average molecular weight is 269 g/mol. The second kappa shape index (κ2) is 6.58. The molecule has 0 aliphatic heterocycles. The number of benzene rings is 2. The van der Waals surface area contributed by atoms with Gasteiger partial charge < -0.3 is 10.5 Å². The molecule has 2 aromatic carbocycles. The van der Waals surface area contributed by atoms with Crippen LogP contribution in [0.5, 0.6) is 5.75 Å². The minimum absolute atomic E-state index is 0.00379. The Morgan fingerprint density at radius 1 is 1.10 bits per heavy atom. The highest BCUT2D eigenvalue weighted by Gasteiger charge is 2.10. The Bertz CT molecular complexity index is 577. The Balaban J connectivity index is 2.17. The monoisotopic (exact) mass is 269 g/mol. The highest BCUT2D eigenvalue weighted by molar-refractivity contribution is 5.35. The molecule has 0 saturated heterocycles. The average Bonchev–Trinajstić information content (AvgIpc) is 2.43. The smallest absolute Gasteiger partial charge is 0.119 e. The normalized spacial score (nSPS) is 12.2. The van der Waals surface area contributed by atoms with Crippen molar-refractivity contribution in [1.82, 2.24) is 0 Å². The zero-order valence-electron chi connectivity index (χ0n) is 12.5. The fourth-order valence-corrected chi connectivity index (χ4v) is 2.38. The molecule has 1 atom stereocenters. The maximum atomic E-state index is 6.36. The summed E-state index contributed by atoms with van der Waals surface area (Å²) in [6.45, 7) is 6.92. The van der Waals surface area contributed by atoms with E-state index >= 15 is 0 Å². The van der Waals surface area contributed by atoms with Gasteiger partial charge in [0.25, 0.3) is 0 Å². The van der Waals surface area contributed by atoms with Crippen LogP contribution in [0, 0.1) is 13.8 Å². The van der Waals surface area contributed by atoms with Crippen molar-refractivity contribution in [3.05, 3.63) is 64.7 Å². The van der Waals surface area contributed by atoms with Gasteiger partial charge in [-0.2, -0.15) is 0 Å². The van der Waals surface area contributed by atoms with E-state index in [4.69, 9.17) is 10.5 Å². The Morgan fingerprint density at radius 2 is 1.90 bits per heavy atom. The molecule has 2 N–H and O–H groups in total. The van der Waals surface area contributed by atoms with Crippen LogP contribution in [-0.4, -0.2) is 6.61 Å². The van der Waals surface area contributed by atoms with Crippen molar-refractivity contribution in [2.24, 2.45) is 5.73 Å². The third-order valence-electron chi connectivity index (χ3n) is 3.54. The topological polar surface area (TPSA) is 35.2 Å². The van der Waals surface area contributed by atoms with Gasteiger partial charge in [0.2, 0.25) is 0 Å². The van der Waals surface area contributed by atoms with Gasteiger partial charge in [0, 0.05) is 6.04 Å². The molecule has 0 saturated carbocycles. The number of hydrogen-bond acceptors (Lipinski definition) is 2. The number of nitrogens with two attached hydrogens (primary N) is 1. The maximum Gasteiger partial charge on any atom is 0.119 e. The molecule has 20 heavy (non-hydrogen) atoms. The van der Waals surface area contributed by atoms with Crippen molar-refractivity contribution < 1.29 is 4.74 Å². The Hall–Kier alpha value is -1.80. The number of aryl methyl sites for hydroxylation is 2. The van der Waals surface area contributed by atoms with E-state index < -0.39 is 0 Å². The lowest BCUT2D eigenvalue weighted by molar-refractivity contribution is 0.339.